The van der Waals surface area contributed by atoms with Gasteiger partial charge in [-0.3, -0.25) is 4.79 Å². The van der Waals surface area contributed by atoms with Gasteiger partial charge < -0.3 is 9.64 Å². The van der Waals surface area contributed by atoms with Crippen molar-refractivity contribution in [2.24, 2.45) is 11.8 Å². The fraction of sp³-hybridized carbons (Fsp3) is 0.731. The van der Waals surface area contributed by atoms with Gasteiger partial charge >= 0.3 is 0 Å². The molecule has 0 aromatic heterocycles. The second kappa shape index (κ2) is 11.6. The SMILES string of the molecule is CN(C)S(=O)(=O)NC1CCN(C(=O)C2CCC(F)(F)C2)CC1COC1CCC(c2cccc(F)c2)CC1. The van der Waals surface area contributed by atoms with Gasteiger partial charge in [-0.05, 0) is 62.1 Å². The molecule has 0 bridgehead atoms. The standard InChI is InChI=1S/C26H38F3N3O4S/c1-31(2)37(34,35)30-24-11-13-32(25(33)20-10-12-26(28,29)15-20)16-21(24)17-36-23-8-6-18(7-9-23)19-4-3-5-22(27)14-19/h3-5,14,18,20-21,23-24,30H,6-13,15-17H2,1-2H3. The van der Waals surface area contributed by atoms with E-state index in [1.54, 1.807) is 17.0 Å². The first kappa shape index (κ1) is 28.3. The summed E-state index contributed by atoms with van der Waals surface area (Å²) in [4.78, 5) is 14.6. The molecule has 3 atom stereocenters. The fourth-order valence-electron chi connectivity index (χ4n) is 5.86. The van der Waals surface area contributed by atoms with Crippen LogP contribution in [0.5, 0.6) is 0 Å². The molecule has 208 valence electrons. The molecule has 1 saturated heterocycles. The molecule has 1 heterocycles. The van der Waals surface area contributed by atoms with Crippen LogP contribution in [0, 0.1) is 17.7 Å². The largest absolute Gasteiger partial charge is 0.378 e. The molecule has 1 N–H and O–H groups in total. The molecule has 2 aliphatic carbocycles. The molecule has 3 aliphatic rings. The summed E-state index contributed by atoms with van der Waals surface area (Å²) in [6.45, 7) is 0.845. The van der Waals surface area contributed by atoms with E-state index < -0.39 is 34.5 Å². The lowest BCUT2D eigenvalue weighted by molar-refractivity contribution is -0.139. The number of nitrogens with zero attached hydrogens (tertiary/aromatic N) is 2. The second-order valence-corrected chi connectivity index (χ2v) is 12.9. The van der Waals surface area contributed by atoms with Gasteiger partial charge in [0.25, 0.3) is 10.2 Å². The van der Waals surface area contributed by atoms with Gasteiger partial charge in [-0.1, -0.05) is 12.1 Å². The second-order valence-electron chi connectivity index (χ2n) is 11.0. The summed E-state index contributed by atoms with van der Waals surface area (Å²) in [7, 11) is -0.793. The van der Waals surface area contributed by atoms with Gasteiger partial charge in [0.1, 0.15) is 5.82 Å². The van der Waals surface area contributed by atoms with E-state index in [1.807, 2.05) is 6.07 Å². The molecule has 1 amide bonds. The number of halogens is 3. The third-order valence-corrected chi connectivity index (χ3v) is 9.68. The minimum absolute atomic E-state index is 0.00415. The maximum Gasteiger partial charge on any atom is 0.279 e. The summed E-state index contributed by atoms with van der Waals surface area (Å²) in [5.41, 5.74) is 0.996. The number of carbonyl (C=O) groups is 1. The van der Waals surface area contributed by atoms with Crippen LogP contribution < -0.4 is 4.72 Å². The number of carbonyl (C=O) groups excluding carboxylic acids is 1. The summed E-state index contributed by atoms with van der Waals surface area (Å²) in [5, 5.41) is 0. The number of nitrogens with one attached hydrogen (secondary N) is 1. The van der Waals surface area contributed by atoms with E-state index in [1.165, 1.54) is 20.2 Å². The summed E-state index contributed by atoms with van der Waals surface area (Å²) in [5.74, 6) is -4.01. The number of ether oxygens (including phenoxy) is 1. The highest BCUT2D eigenvalue weighted by Crippen LogP contribution is 2.40. The molecule has 1 aromatic rings. The fourth-order valence-corrected chi connectivity index (χ4v) is 6.76. The topological polar surface area (TPSA) is 79.0 Å². The number of hydrogen-bond acceptors (Lipinski definition) is 4. The Morgan fingerprint density at radius 2 is 1.89 bits per heavy atom. The first-order valence-electron chi connectivity index (χ1n) is 13.2. The maximum atomic E-state index is 13.7. The zero-order valence-electron chi connectivity index (χ0n) is 21.5. The van der Waals surface area contributed by atoms with Crippen LogP contribution in [0.2, 0.25) is 0 Å². The average Bonchev–Trinajstić information content (AvgIpc) is 3.22. The number of piperidine rings is 1. The minimum atomic E-state index is -3.69. The number of likely N-dealkylation sites (tertiary alicyclic amines) is 1. The van der Waals surface area contributed by atoms with E-state index in [-0.39, 0.29) is 55.7 Å². The van der Waals surface area contributed by atoms with Crippen molar-refractivity contribution in [3.05, 3.63) is 35.6 Å². The summed E-state index contributed by atoms with van der Waals surface area (Å²) in [6, 6.07) is 6.27. The van der Waals surface area contributed by atoms with Gasteiger partial charge in [-0.25, -0.2) is 13.2 Å². The van der Waals surface area contributed by atoms with Crippen molar-refractivity contribution in [3.8, 4) is 0 Å². The number of alkyl halides is 2. The molecule has 4 rings (SSSR count). The van der Waals surface area contributed by atoms with Crippen LogP contribution in [0.15, 0.2) is 24.3 Å². The van der Waals surface area contributed by atoms with E-state index >= 15 is 0 Å². The highest BCUT2D eigenvalue weighted by molar-refractivity contribution is 7.87. The number of hydrogen-bond donors (Lipinski definition) is 1. The van der Waals surface area contributed by atoms with E-state index in [2.05, 4.69) is 4.72 Å². The number of benzene rings is 1. The Kier molecular flexibility index (Phi) is 8.87. The van der Waals surface area contributed by atoms with E-state index in [9.17, 15) is 26.4 Å². The van der Waals surface area contributed by atoms with Crippen molar-refractivity contribution >= 4 is 16.1 Å². The third-order valence-electron chi connectivity index (χ3n) is 8.12. The first-order chi connectivity index (χ1) is 17.4. The zero-order valence-corrected chi connectivity index (χ0v) is 22.4. The Bertz CT molecular complexity index is 1050. The van der Waals surface area contributed by atoms with Crippen molar-refractivity contribution in [2.45, 2.75) is 75.4 Å². The molecule has 7 nitrogen and oxygen atoms in total. The van der Waals surface area contributed by atoms with Crippen molar-refractivity contribution in [1.29, 1.82) is 0 Å². The molecule has 0 radical (unpaired) electrons. The van der Waals surface area contributed by atoms with Crippen LogP contribution in [-0.4, -0.2) is 75.4 Å². The molecule has 1 aromatic carbocycles. The Hall–Kier alpha value is -1.69. The lowest BCUT2D eigenvalue weighted by Gasteiger charge is -2.40. The predicted molar refractivity (Wildman–Crippen MR) is 134 cm³/mol. The van der Waals surface area contributed by atoms with Crippen molar-refractivity contribution < 1.29 is 31.1 Å². The lowest BCUT2D eigenvalue weighted by Crippen LogP contribution is -2.56. The molecule has 2 saturated carbocycles. The average molecular weight is 546 g/mol. The van der Waals surface area contributed by atoms with Gasteiger partial charge in [-0.2, -0.15) is 17.4 Å². The normalized spacial score (nSPS) is 30.5. The van der Waals surface area contributed by atoms with Crippen molar-refractivity contribution in [3.63, 3.8) is 0 Å². The first-order valence-corrected chi connectivity index (χ1v) is 14.6. The van der Waals surface area contributed by atoms with Crippen LogP contribution >= 0.6 is 0 Å². The summed E-state index contributed by atoms with van der Waals surface area (Å²) < 4.78 is 76.2. The monoisotopic (exact) mass is 545 g/mol. The molecular formula is C26H38F3N3O4S. The quantitative estimate of drug-likeness (QED) is 0.537. The van der Waals surface area contributed by atoms with Gasteiger partial charge in [0.15, 0.2) is 0 Å². The van der Waals surface area contributed by atoms with Crippen LogP contribution in [0.1, 0.15) is 62.8 Å². The molecule has 3 unspecified atom stereocenters. The Labute approximate surface area is 217 Å². The molecule has 37 heavy (non-hydrogen) atoms. The Morgan fingerprint density at radius 3 is 2.51 bits per heavy atom. The summed E-state index contributed by atoms with van der Waals surface area (Å²) in [6.07, 6.45) is 3.23. The van der Waals surface area contributed by atoms with Crippen LogP contribution in [0.25, 0.3) is 0 Å². The smallest absolute Gasteiger partial charge is 0.279 e. The van der Waals surface area contributed by atoms with E-state index in [0.717, 1.165) is 35.6 Å². The van der Waals surface area contributed by atoms with E-state index in [4.69, 9.17) is 4.74 Å². The highest BCUT2D eigenvalue weighted by atomic mass is 32.2. The molecule has 3 fully saturated rings. The molecule has 11 heteroatoms. The van der Waals surface area contributed by atoms with Crippen LogP contribution in [-0.2, 0) is 19.7 Å². The molecule has 1 aliphatic heterocycles. The lowest BCUT2D eigenvalue weighted by atomic mass is 9.82. The maximum absolute atomic E-state index is 13.7. The third kappa shape index (κ3) is 7.25. The zero-order chi connectivity index (χ0) is 26.8. The van der Waals surface area contributed by atoms with Gasteiger partial charge in [0, 0.05) is 57.9 Å². The summed E-state index contributed by atoms with van der Waals surface area (Å²) >= 11 is 0. The van der Waals surface area contributed by atoms with Crippen molar-refractivity contribution in [1.82, 2.24) is 13.9 Å². The van der Waals surface area contributed by atoms with E-state index in [0.29, 0.717) is 13.0 Å². The number of rotatable bonds is 8. The number of amides is 1. The Morgan fingerprint density at radius 1 is 1.16 bits per heavy atom. The van der Waals surface area contributed by atoms with Gasteiger partial charge in [0.05, 0.1) is 12.7 Å². The van der Waals surface area contributed by atoms with Gasteiger partial charge in [-0.15, -0.1) is 0 Å². The van der Waals surface area contributed by atoms with Crippen LogP contribution in [0.4, 0.5) is 13.2 Å². The predicted octanol–water partition coefficient (Wildman–Crippen LogP) is 3.92. The molecule has 0 spiro atoms. The van der Waals surface area contributed by atoms with Gasteiger partial charge in [0.2, 0.25) is 11.8 Å². The highest BCUT2D eigenvalue weighted by Gasteiger charge is 2.45. The van der Waals surface area contributed by atoms with Crippen molar-refractivity contribution in [2.75, 3.05) is 33.8 Å². The van der Waals surface area contributed by atoms with Crippen LogP contribution in [0.3, 0.4) is 0 Å². The Balaban J connectivity index is 1.36. The molecular weight excluding hydrogens is 507 g/mol. The minimum Gasteiger partial charge on any atom is -0.378 e.